The molecule has 2 aromatic rings. The number of hydrogen-bond donors (Lipinski definition) is 1. The van der Waals surface area contributed by atoms with Crippen LogP contribution in [0, 0.1) is 0 Å². The van der Waals surface area contributed by atoms with Crippen molar-refractivity contribution in [3.63, 3.8) is 0 Å². The van der Waals surface area contributed by atoms with Crippen molar-refractivity contribution in [1.29, 1.82) is 0 Å². The van der Waals surface area contributed by atoms with Gasteiger partial charge in [0.1, 0.15) is 4.88 Å². The molecule has 20 heavy (non-hydrogen) atoms. The van der Waals surface area contributed by atoms with Gasteiger partial charge in [0.25, 0.3) is 5.91 Å². The van der Waals surface area contributed by atoms with Gasteiger partial charge in [-0.1, -0.05) is 19.1 Å². The number of hydrogen-bond acceptors (Lipinski definition) is 3. The van der Waals surface area contributed by atoms with E-state index in [-0.39, 0.29) is 5.91 Å². The molecule has 0 spiro atoms. The summed E-state index contributed by atoms with van der Waals surface area (Å²) in [4.78, 5) is 15.2. The lowest BCUT2D eigenvalue weighted by Crippen LogP contribution is -2.31. The van der Waals surface area contributed by atoms with E-state index in [4.69, 9.17) is 5.73 Å². The molecule has 0 aliphatic rings. The van der Waals surface area contributed by atoms with Crippen LogP contribution < -0.4 is 5.73 Å². The monoisotopic (exact) mass is 352 g/mol. The Kier molecular flexibility index (Phi) is 5.20. The van der Waals surface area contributed by atoms with Gasteiger partial charge < -0.3 is 10.6 Å². The van der Waals surface area contributed by atoms with E-state index in [0.717, 1.165) is 33.6 Å². The van der Waals surface area contributed by atoms with Crippen LogP contribution in [0.1, 0.15) is 28.6 Å². The van der Waals surface area contributed by atoms with Crippen LogP contribution >= 0.6 is 27.3 Å². The summed E-state index contributed by atoms with van der Waals surface area (Å²) >= 11 is 4.89. The number of halogens is 1. The zero-order valence-electron chi connectivity index (χ0n) is 11.3. The molecule has 2 rings (SSSR count). The van der Waals surface area contributed by atoms with Crippen molar-refractivity contribution in [2.75, 3.05) is 12.3 Å². The molecule has 5 heteroatoms. The first kappa shape index (κ1) is 15.1. The standard InChI is InChI=1S/C15H17BrN2OS/c1-2-7-18(10-11-4-3-5-12(17)9-11)15(19)14-13(16)6-8-20-14/h3-6,8-9H,2,7,10,17H2,1H3. The Bertz CT molecular complexity index is 597. The topological polar surface area (TPSA) is 46.3 Å². The number of anilines is 1. The molecule has 1 amide bonds. The summed E-state index contributed by atoms with van der Waals surface area (Å²) in [6.07, 6.45) is 0.928. The number of thiophene rings is 1. The Morgan fingerprint density at radius 3 is 2.80 bits per heavy atom. The molecule has 1 heterocycles. The number of benzene rings is 1. The van der Waals surface area contributed by atoms with Crippen LogP contribution in [0.25, 0.3) is 0 Å². The Labute approximate surface area is 131 Å². The van der Waals surface area contributed by atoms with Crippen molar-refractivity contribution in [1.82, 2.24) is 4.90 Å². The first-order valence-corrected chi connectivity index (χ1v) is 8.15. The molecule has 1 aromatic carbocycles. The molecule has 2 N–H and O–H groups in total. The quantitative estimate of drug-likeness (QED) is 0.821. The van der Waals surface area contributed by atoms with Crippen molar-refractivity contribution >= 4 is 38.9 Å². The van der Waals surface area contributed by atoms with E-state index < -0.39 is 0 Å². The highest BCUT2D eigenvalue weighted by atomic mass is 79.9. The van der Waals surface area contributed by atoms with E-state index in [1.807, 2.05) is 40.6 Å². The van der Waals surface area contributed by atoms with Gasteiger partial charge in [0.05, 0.1) is 0 Å². The number of nitrogens with two attached hydrogens (primary N) is 1. The molecule has 0 aliphatic heterocycles. The lowest BCUT2D eigenvalue weighted by Gasteiger charge is -2.22. The normalized spacial score (nSPS) is 10.5. The maximum atomic E-state index is 12.6. The van der Waals surface area contributed by atoms with E-state index in [1.54, 1.807) is 0 Å². The molecular weight excluding hydrogens is 336 g/mol. The first-order chi connectivity index (χ1) is 9.61. The van der Waals surface area contributed by atoms with Crippen molar-refractivity contribution in [2.45, 2.75) is 19.9 Å². The van der Waals surface area contributed by atoms with Gasteiger partial charge in [0, 0.05) is 23.2 Å². The molecule has 0 fully saturated rings. The van der Waals surface area contributed by atoms with Gasteiger partial charge in [-0.25, -0.2) is 0 Å². The molecule has 0 unspecified atom stereocenters. The minimum atomic E-state index is 0.0659. The van der Waals surface area contributed by atoms with Gasteiger partial charge in [-0.05, 0) is 51.5 Å². The number of nitrogen functional groups attached to an aromatic ring is 1. The minimum Gasteiger partial charge on any atom is -0.399 e. The van der Waals surface area contributed by atoms with Crippen molar-refractivity contribution < 1.29 is 4.79 Å². The van der Waals surface area contributed by atoms with Crippen LogP contribution in [0.2, 0.25) is 0 Å². The van der Waals surface area contributed by atoms with Gasteiger partial charge >= 0.3 is 0 Å². The predicted octanol–water partition coefficient (Wildman–Crippen LogP) is 4.15. The number of amides is 1. The summed E-state index contributed by atoms with van der Waals surface area (Å²) in [7, 11) is 0. The Morgan fingerprint density at radius 2 is 2.20 bits per heavy atom. The lowest BCUT2D eigenvalue weighted by atomic mass is 10.2. The summed E-state index contributed by atoms with van der Waals surface area (Å²) in [5.74, 6) is 0.0659. The molecule has 0 aliphatic carbocycles. The maximum Gasteiger partial charge on any atom is 0.265 e. The highest BCUT2D eigenvalue weighted by Crippen LogP contribution is 2.25. The van der Waals surface area contributed by atoms with Crippen LogP contribution in [0.3, 0.4) is 0 Å². The molecule has 0 saturated heterocycles. The second-order valence-corrected chi connectivity index (χ2v) is 6.34. The third kappa shape index (κ3) is 3.61. The SMILES string of the molecule is CCCN(Cc1cccc(N)c1)C(=O)c1sccc1Br. The molecule has 0 radical (unpaired) electrons. The molecule has 3 nitrogen and oxygen atoms in total. The van der Waals surface area contributed by atoms with Crippen LogP contribution in [-0.2, 0) is 6.54 Å². The number of carbonyl (C=O) groups excluding carboxylic acids is 1. The van der Waals surface area contributed by atoms with Gasteiger partial charge in [-0.3, -0.25) is 4.79 Å². The zero-order chi connectivity index (χ0) is 14.5. The fraction of sp³-hybridized carbons (Fsp3) is 0.267. The Hall–Kier alpha value is -1.33. The van der Waals surface area contributed by atoms with E-state index in [9.17, 15) is 4.79 Å². The van der Waals surface area contributed by atoms with Crippen molar-refractivity contribution in [2.24, 2.45) is 0 Å². The molecule has 0 saturated carbocycles. The van der Waals surface area contributed by atoms with Gasteiger partial charge in [0.2, 0.25) is 0 Å². The largest absolute Gasteiger partial charge is 0.399 e. The minimum absolute atomic E-state index is 0.0659. The summed E-state index contributed by atoms with van der Waals surface area (Å²) in [5.41, 5.74) is 7.57. The average Bonchev–Trinajstić information content (AvgIpc) is 2.84. The number of nitrogens with zero attached hydrogens (tertiary/aromatic N) is 1. The van der Waals surface area contributed by atoms with Crippen LogP contribution in [0.5, 0.6) is 0 Å². The van der Waals surface area contributed by atoms with Gasteiger partial charge in [-0.15, -0.1) is 11.3 Å². The van der Waals surface area contributed by atoms with E-state index in [2.05, 4.69) is 22.9 Å². The highest BCUT2D eigenvalue weighted by molar-refractivity contribution is 9.10. The van der Waals surface area contributed by atoms with Gasteiger partial charge in [0.15, 0.2) is 0 Å². The predicted molar refractivity (Wildman–Crippen MR) is 87.9 cm³/mol. The third-order valence-corrected chi connectivity index (χ3v) is 4.74. The van der Waals surface area contributed by atoms with Crippen molar-refractivity contribution in [3.8, 4) is 0 Å². The molecule has 1 aromatic heterocycles. The molecule has 0 bridgehead atoms. The van der Waals surface area contributed by atoms with Crippen LogP contribution in [0.4, 0.5) is 5.69 Å². The summed E-state index contributed by atoms with van der Waals surface area (Å²) in [6, 6.07) is 9.59. The number of rotatable bonds is 5. The third-order valence-electron chi connectivity index (χ3n) is 2.92. The zero-order valence-corrected chi connectivity index (χ0v) is 13.7. The first-order valence-electron chi connectivity index (χ1n) is 6.48. The van der Waals surface area contributed by atoms with Crippen molar-refractivity contribution in [3.05, 3.63) is 50.6 Å². The van der Waals surface area contributed by atoms with Crippen LogP contribution in [0.15, 0.2) is 40.2 Å². The molecule has 0 atom stereocenters. The fourth-order valence-electron chi connectivity index (χ4n) is 2.02. The highest BCUT2D eigenvalue weighted by Gasteiger charge is 2.19. The second-order valence-electron chi connectivity index (χ2n) is 4.57. The second kappa shape index (κ2) is 6.90. The average molecular weight is 353 g/mol. The lowest BCUT2D eigenvalue weighted by molar-refractivity contribution is 0.0747. The van der Waals surface area contributed by atoms with E-state index >= 15 is 0 Å². The van der Waals surface area contributed by atoms with E-state index in [0.29, 0.717) is 6.54 Å². The summed E-state index contributed by atoms with van der Waals surface area (Å²) in [5, 5.41) is 1.92. The van der Waals surface area contributed by atoms with E-state index in [1.165, 1.54) is 11.3 Å². The number of carbonyl (C=O) groups is 1. The Morgan fingerprint density at radius 1 is 1.40 bits per heavy atom. The summed E-state index contributed by atoms with van der Waals surface area (Å²) in [6.45, 7) is 3.39. The maximum absolute atomic E-state index is 12.6. The fourth-order valence-corrected chi connectivity index (χ4v) is 3.53. The molecule has 106 valence electrons. The van der Waals surface area contributed by atoms with Crippen LogP contribution in [-0.4, -0.2) is 17.4 Å². The summed E-state index contributed by atoms with van der Waals surface area (Å²) < 4.78 is 0.862. The van der Waals surface area contributed by atoms with Gasteiger partial charge in [-0.2, -0.15) is 0 Å². The molecular formula is C15H17BrN2OS. The Balaban J connectivity index is 2.19. The smallest absolute Gasteiger partial charge is 0.265 e.